The number of esters is 1. The van der Waals surface area contributed by atoms with Gasteiger partial charge in [-0.15, -0.1) is 0 Å². The summed E-state index contributed by atoms with van der Waals surface area (Å²) in [7, 11) is 0. The van der Waals surface area contributed by atoms with Gasteiger partial charge in [-0.2, -0.15) is 0 Å². The van der Waals surface area contributed by atoms with Crippen molar-refractivity contribution in [3.63, 3.8) is 0 Å². The summed E-state index contributed by atoms with van der Waals surface area (Å²) < 4.78 is 6.00. The maximum atomic E-state index is 12.9. The fourth-order valence-electron chi connectivity index (χ4n) is 4.33. The Balaban J connectivity index is 1.75. The molecule has 144 valence electrons. The molecule has 1 unspecified atom stereocenters. The average Bonchev–Trinajstić information content (AvgIpc) is 3.08. The molecule has 3 heteroatoms. The number of hydrogen-bond acceptors (Lipinski definition) is 3. The Kier molecular flexibility index (Phi) is 5.45. The highest BCUT2D eigenvalue weighted by molar-refractivity contribution is 5.84. The summed E-state index contributed by atoms with van der Waals surface area (Å²) in [5.74, 6) is -0.215. The number of ether oxygens (including phenoxy) is 1. The van der Waals surface area contributed by atoms with Crippen LogP contribution in [-0.4, -0.2) is 30.5 Å². The second-order valence-corrected chi connectivity index (χ2v) is 7.49. The van der Waals surface area contributed by atoms with Crippen LogP contribution < -0.4 is 0 Å². The summed E-state index contributed by atoms with van der Waals surface area (Å²) in [5, 5.41) is 2.38. The van der Waals surface area contributed by atoms with E-state index in [1.54, 1.807) is 0 Å². The van der Waals surface area contributed by atoms with Crippen LogP contribution in [0.4, 0.5) is 0 Å². The second kappa shape index (κ2) is 8.15. The minimum absolute atomic E-state index is 0.0236. The zero-order valence-corrected chi connectivity index (χ0v) is 16.5. The standard InChI is InChI=1S/C25H27NO2/c1-3-26(4-2)17-22-23(19-11-6-5-7-12-19)24(28-25(22)27)21-15-14-18-10-8-9-13-20(18)16-21/h5-16,22-24H,3-4,17H2,1-2H3/t22?,23-,24+/m0/s1. The van der Waals surface area contributed by atoms with E-state index in [4.69, 9.17) is 4.74 Å². The van der Waals surface area contributed by atoms with Crippen molar-refractivity contribution >= 4 is 16.7 Å². The van der Waals surface area contributed by atoms with Crippen LogP contribution in [0.3, 0.4) is 0 Å². The van der Waals surface area contributed by atoms with E-state index in [2.05, 4.69) is 61.2 Å². The van der Waals surface area contributed by atoms with Crippen LogP contribution in [0.2, 0.25) is 0 Å². The van der Waals surface area contributed by atoms with Gasteiger partial charge < -0.3 is 9.64 Å². The summed E-state index contributed by atoms with van der Waals surface area (Å²) >= 11 is 0. The summed E-state index contributed by atoms with van der Waals surface area (Å²) in [6, 6.07) is 25.1. The van der Waals surface area contributed by atoms with Crippen LogP contribution in [0.1, 0.15) is 37.0 Å². The van der Waals surface area contributed by atoms with Gasteiger partial charge in [-0.05, 0) is 41.1 Å². The average molecular weight is 373 g/mol. The molecule has 1 aliphatic heterocycles. The highest BCUT2D eigenvalue weighted by Gasteiger charge is 2.46. The molecule has 1 fully saturated rings. The van der Waals surface area contributed by atoms with Gasteiger partial charge in [0.1, 0.15) is 6.10 Å². The topological polar surface area (TPSA) is 29.5 Å². The molecule has 3 atom stereocenters. The lowest BCUT2D eigenvalue weighted by Gasteiger charge is -2.26. The SMILES string of the molecule is CCN(CC)CC1C(=O)O[C@H](c2ccc3ccccc3c2)[C@H]1c1ccccc1. The Morgan fingerprint density at radius 3 is 2.21 bits per heavy atom. The van der Waals surface area contributed by atoms with E-state index in [9.17, 15) is 4.79 Å². The predicted octanol–water partition coefficient (Wildman–Crippen LogP) is 5.18. The molecule has 0 N–H and O–H groups in total. The van der Waals surface area contributed by atoms with Crippen LogP contribution in [0.15, 0.2) is 72.8 Å². The van der Waals surface area contributed by atoms with Crippen LogP contribution in [0, 0.1) is 5.92 Å². The van der Waals surface area contributed by atoms with Gasteiger partial charge >= 0.3 is 5.97 Å². The first-order valence-corrected chi connectivity index (χ1v) is 10.2. The van der Waals surface area contributed by atoms with Crippen LogP contribution in [0.5, 0.6) is 0 Å². The van der Waals surface area contributed by atoms with Gasteiger partial charge in [0.05, 0.1) is 5.92 Å². The summed E-state index contributed by atoms with van der Waals surface area (Å²) in [5.41, 5.74) is 2.24. The van der Waals surface area contributed by atoms with Gasteiger partial charge in [0.2, 0.25) is 0 Å². The van der Waals surface area contributed by atoms with E-state index in [0.29, 0.717) is 0 Å². The highest BCUT2D eigenvalue weighted by Crippen LogP contribution is 2.46. The zero-order valence-electron chi connectivity index (χ0n) is 16.5. The van der Waals surface area contributed by atoms with E-state index < -0.39 is 0 Å². The first-order valence-electron chi connectivity index (χ1n) is 10.2. The molecule has 4 rings (SSSR count). The third-order valence-electron chi connectivity index (χ3n) is 5.94. The van der Waals surface area contributed by atoms with Crippen LogP contribution in [-0.2, 0) is 9.53 Å². The molecule has 3 nitrogen and oxygen atoms in total. The molecule has 28 heavy (non-hydrogen) atoms. The molecule has 1 heterocycles. The van der Waals surface area contributed by atoms with Gasteiger partial charge in [-0.25, -0.2) is 0 Å². The second-order valence-electron chi connectivity index (χ2n) is 7.49. The van der Waals surface area contributed by atoms with Gasteiger partial charge in [0, 0.05) is 12.5 Å². The molecule has 0 aliphatic carbocycles. The van der Waals surface area contributed by atoms with E-state index >= 15 is 0 Å². The quantitative estimate of drug-likeness (QED) is 0.558. The lowest BCUT2D eigenvalue weighted by atomic mass is 9.81. The normalized spacial score (nSPS) is 22.0. The summed E-state index contributed by atoms with van der Waals surface area (Å²) in [6.45, 7) is 6.88. The maximum Gasteiger partial charge on any atom is 0.311 e. The fourth-order valence-corrected chi connectivity index (χ4v) is 4.33. The number of rotatable bonds is 6. The molecular formula is C25H27NO2. The zero-order chi connectivity index (χ0) is 19.5. The molecule has 1 aliphatic rings. The van der Waals surface area contributed by atoms with Crippen molar-refractivity contribution < 1.29 is 9.53 Å². The third kappa shape index (κ3) is 3.55. The van der Waals surface area contributed by atoms with Crippen molar-refractivity contribution in [2.75, 3.05) is 19.6 Å². The lowest BCUT2D eigenvalue weighted by Crippen LogP contribution is -2.33. The van der Waals surface area contributed by atoms with Crippen LogP contribution in [0.25, 0.3) is 10.8 Å². The molecule has 0 radical (unpaired) electrons. The monoisotopic (exact) mass is 373 g/mol. The Bertz CT molecular complexity index is 949. The predicted molar refractivity (Wildman–Crippen MR) is 113 cm³/mol. The fraction of sp³-hybridized carbons (Fsp3) is 0.320. The van der Waals surface area contributed by atoms with Gasteiger partial charge in [0.25, 0.3) is 0 Å². The molecule has 3 aromatic carbocycles. The lowest BCUT2D eigenvalue weighted by molar-refractivity contribution is -0.144. The molecule has 3 aromatic rings. The van der Waals surface area contributed by atoms with Crippen molar-refractivity contribution in [2.45, 2.75) is 25.9 Å². The van der Waals surface area contributed by atoms with Gasteiger partial charge in [-0.3, -0.25) is 4.79 Å². The van der Waals surface area contributed by atoms with Gasteiger partial charge in [0.15, 0.2) is 0 Å². The molecule has 0 amide bonds. The molecule has 0 saturated carbocycles. The van der Waals surface area contributed by atoms with Gasteiger partial charge in [-0.1, -0.05) is 80.6 Å². The van der Waals surface area contributed by atoms with E-state index in [-0.39, 0.29) is 23.9 Å². The smallest absolute Gasteiger partial charge is 0.311 e. The Morgan fingerprint density at radius 2 is 1.50 bits per heavy atom. The summed E-state index contributed by atoms with van der Waals surface area (Å²) in [4.78, 5) is 15.2. The minimum atomic E-state index is -0.250. The highest BCUT2D eigenvalue weighted by atomic mass is 16.6. The van der Waals surface area contributed by atoms with Crippen molar-refractivity contribution in [3.8, 4) is 0 Å². The Labute approximate surface area is 166 Å². The number of carbonyl (C=O) groups is 1. The van der Waals surface area contributed by atoms with Crippen molar-refractivity contribution in [1.29, 1.82) is 0 Å². The van der Waals surface area contributed by atoms with Crippen molar-refractivity contribution in [1.82, 2.24) is 4.90 Å². The third-order valence-corrected chi connectivity index (χ3v) is 5.94. The summed E-state index contributed by atoms with van der Waals surface area (Å²) in [6.07, 6.45) is -0.250. The maximum absolute atomic E-state index is 12.9. The number of nitrogens with zero attached hydrogens (tertiary/aromatic N) is 1. The van der Waals surface area contributed by atoms with E-state index in [1.807, 2.05) is 30.3 Å². The first-order chi connectivity index (χ1) is 13.7. The van der Waals surface area contributed by atoms with E-state index in [0.717, 1.165) is 25.2 Å². The van der Waals surface area contributed by atoms with E-state index in [1.165, 1.54) is 16.3 Å². The number of fused-ring (bicyclic) bond motifs is 1. The van der Waals surface area contributed by atoms with Crippen molar-refractivity contribution in [2.24, 2.45) is 5.92 Å². The molecule has 0 spiro atoms. The van der Waals surface area contributed by atoms with Crippen molar-refractivity contribution in [3.05, 3.63) is 83.9 Å². The Morgan fingerprint density at radius 1 is 0.821 bits per heavy atom. The minimum Gasteiger partial charge on any atom is -0.457 e. The Hall–Kier alpha value is -2.65. The molecule has 1 saturated heterocycles. The number of carbonyl (C=O) groups excluding carboxylic acids is 1. The number of cyclic esters (lactones) is 1. The molecular weight excluding hydrogens is 346 g/mol. The van der Waals surface area contributed by atoms with Crippen LogP contribution >= 0.6 is 0 Å². The largest absolute Gasteiger partial charge is 0.457 e. The number of hydrogen-bond donors (Lipinski definition) is 0. The first kappa shape index (κ1) is 18.7. The number of benzene rings is 3. The molecule has 0 bridgehead atoms. The molecule has 0 aromatic heterocycles.